The average molecular weight is 775 g/mol. The number of para-hydroxylation sites is 1. The van der Waals surface area contributed by atoms with E-state index in [-0.39, 0.29) is 42.9 Å². The highest BCUT2D eigenvalue weighted by molar-refractivity contribution is 7.54. The molecule has 14 nitrogen and oxygen atoms in total. The Balaban J connectivity index is 1.48. The van der Waals surface area contributed by atoms with Crippen LogP contribution in [0.25, 0.3) is 16.9 Å². The molecule has 55 heavy (non-hydrogen) atoms. The second kappa shape index (κ2) is 14.9. The van der Waals surface area contributed by atoms with Crippen molar-refractivity contribution in [3.05, 3.63) is 94.3 Å². The summed E-state index contributed by atoms with van der Waals surface area (Å²) < 4.78 is 25.6. The number of hydrogen-bond donors (Lipinski definition) is 6. The van der Waals surface area contributed by atoms with Gasteiger partial charge in [-0.05, 0) is 81.6 Å². The van der Waals surface area contributed by atoms with Gasteiger partial charge in [0.2, 0.25) is 5.78 Å². The normalized spacial score (nSPS) is 22.9. The van der Waals surface area contributed by atoms with Crippen LogP contribution in [-0.4, -0.2) is 95.8 Å². The van der Waals surface area contributed by atoms with E-state index in [4.69, 9.17) is 14.8 Å². The molecule has 6 rings (SSSR count). The first-order valence-corrected chi connectivity index (χ1v) is 19.6. The number of likely N-dealkylation sites (N-methyl/N-ethyl adjacent to an activating group) is 1. The van der Waals surface area contributed by atoms with E-state index in [0.29, 0.717) is 33.6 Å². The van der Waals surface area contributed by atoms with E-state index < -0.39 is 71.4 Å². The van der Waals surface area contributed by atoms with E-state index in [1.54, 1.807) is 72.4 Å². The third-order valence-corrected chi connectivity index (χ3v) is 13.0. The van der Waals surface area contributed by atoms with E-state index >= 15 is 0 Å². The van der Waals surface area contributed by atoms with E-state index in [2.05, 4.69) is 5.32 Å². The van der Waals surface area contributed by atoms with Crippen LogP contribution < -0.4 is 16.0 Å². The molecule has 7 N–H and O–H groups in total. The number of aliphatic hydroxyl groups excluding tert-OH is 2. The highest BCUT2D eigenvalue weighted by Crippen LogP contribution is 2.61. The van der Waals surface area contributed by atoms with Crippen LogP contribution >= 0.6 is 7.60 Å². The smallest absolute Gasteiger partial charge is 0.357 e. The fraction of sp³-hybridized carbons (Fsp3) is 0.375. The summed E-state index contributed by atoms with van der Waals surface area (Å²) in [5.74, 6) is -8.05. The number of fused-ring (bicyclic) bond motifs is 3. The zero-order chi connectivity index (χ0) is 40.1. The fourth-order valence-corrected chi connectivity index (χ4v) is 10.3. The van der Waals surface area contributed by atoms with Crippen LogP contribution in [0.4, 0.5) is 11.4 Å². The minimum Gasteiger partial charge on any atom is -0.508 e. The van der Waals surface area contributed by atoms with Crippen LogP contribution in [-0.2, 0) is 34.4 Å². The van der Waals surface area contributed by atoms with Crippen molar-refractivity contribution in [2.24, 2.45) is 17.6 Å². The van der Waals surface area contributed by atoms with E-state index in [1.807, 2.05) is 35.2 Å². The van der Waals surface area contributed by atoms with Crippen molar-refractivity contribution in [1.82, 2.24) is 4.90 Å². The van der Waals surface area contributed by atoms with Gasteiger partial charge in [-0.2, -0.15) is 0 Å². The third-order valence-electron chi connectivity index (χ3n) is 10.7. The van der Waals surface area contributed by atoms with Gasteiger partial charge < -0.3 is 45.4 Å². The minimum atomic E-state index is -3.75. The Kier molecular flexibility index (Phi) is 10.8. The standard InChI is InChI=1S/C40H47N4O10P/c1-7-53-55(52,54-8-2)39(42-24-12-10-9-11-13-24)22-16-14-21(15-17-22)25-20-28(43(3)4)26-18-23-19-27-32(44(5)6)35(47)31(38(41)50)37(49)40(27,51)36(48)29(23)34(46)30(26)33(25)45/h9-17,20,23,27,32,39,42,45-46,49,51H,7-8,18-19H2,1-6H3,(H2,41,50)/t23-,27-,32-,39?,40-/m1/s1. The molecule has 3 aliphatic rings. The number of hydrogen-bond acceptors (Lipinski definition) is 13. The summed E-state index contributed by atoms with van der Waals surface area (Å²) in [6, 6.07) is 16.7. The van der Waals surface area contributed by atoms with Crippen molar-refractivity contribution in [2.75, 3.05) is 51.6 Å². The van der Waals surface area contributed by atoms with Crippen LogP contribution in [0.15, 0.2) is 77.6 Å². The first-order chi connectivity index (χ1) is 26.0. The number of carbonyl (C=O) groups excluding carboxylic acids is 3. The molecule has 3 aromatic rings. The number of ketones is 2. The quantitative estimate of drug-likeness (QED) is 0.105. The molecule has 1 fully saturated rings. The number of phenolic OH excluding ortho intramolecular Hbond substituents is 1. The summed E-state index contributed by atoms with van der Waals surface area (Å²) in [6.07, 6.45) is 0.125. The zero-order valence-electron chi connectivity index (χ0n) is 31.6. The second-order valence-corrected chi connectivity index (χ2v) is 16.5. The van der Waals surface area contributed by atoms with Crippen LogP contribution in [0, 0.1) is 11.8 Å². The van der Waals surface area contributed by atoms with Crippen molar-refractivity contribution in [3.8, 4) is 16.9 Å². The Labute approximate surface area is 319 Å². The van der Waals surface area contributed by atoms with Gasteiger partial charge in [-0.25, -0.2) is 0 Å². The molecule has 5 atom stereocenters. The molecule has 0 spiro atoms. The number of amides is 1. The van der Waals surface area contributed by atoms with Crippen LogP contribution in [0.5, 0.6) is 5.75 Å². The minimum absolute atomic E-state index is 0.0197. The molecule has 1 unspecified atom stereocenters. The molecule has 1 amide bonds. The third kappa shape index (κ3) is 6.51. The molecule has 292 valence electrons. The molecule has 0 bridgehead atoms. The van der Waals surface area contributed by atoms with Gasteiger partial charge in [-0.15, -0.1) is 0 Å². The van der Waals surface area contributed by atoms with E-state index in [1.165, 1.54) is 4.90 Å². The molecule has 3 aliphatic carbocycles. The van der Waals surface area contributed by atoms with Crippen LogP contribution in [0.1, 0.15) is 42.7 Å². The SMILES string of the molecule is CCOP(=O)(OCC)C(Nc1ccccc1)c1ccc(-c2cc(N(C)C)c3c(c2O)C(O)=C2C(=O)[C@@]4(O)C(O)=C(C(N)=O)C(=O)[C@H](N(C)C)[C@H]4C[C@H]2C3)cc1. The van der Waals surface area contributed by atoms with Crippen LogP contribution in [0.2, 0.25) is 0 Å². The first kappa shape index (κ1) is 39.7. The first-order valence-electron chi connectivity index (χ1n) is 18.0. The lowest BCUT2D eigenvalue weighted by atomic mass is 9.57. The predicted octanol–water partition coefficient (Wildman–Crippen LogP) is 5.07. The second-order valence-electron chi connectivity index (χ2n) is 14.4. The van der Waals surface area contributed by atoms with E-state index in [9.17, 15) is 39.4 Å². The fourth-order valence-electron chi connectivity index (χ4n) is 8.34. The van der Waals surface area contributed by atoms with Crippen molar-refractivity contribution in [2.45, 2.75) is 44.1 Å². The molecule has 0 heterocycles. The Hall–Kier alpha value is -4.98. The summed E-state index contributed by atoms with van der Waals surface area (Å²) in [5.41, 5.74) is 4.85. The molecule has 3 aromatic carbocycles. The number of anilines is 2. The summed E-state index contributed by atoms with van der Waals surface area (Å²) >= 11 is 0. The Morgan fingerprint density at radius 1 is 1.00 bits per heavy atom. The topological polar surface area (TPSA) is 212 Å². The number of primary amides is 1. The summed E-state index contributed by atoms with van der Waals surface area (Å²) in [7, 11) is 2.97. The van der Waals surface area contributed by atoms with Gasteiger partial charge >= 0.3 is 7.60 Å². The van der Waals surface area contributed by atoms with Crippen molar-refractivity contribution < 1.29 is 48.4 Å². The summed E-state index contributed by atoms with van der Waals surface area (Å²) in [6.45, 7) is 3.76. The number of nitrogens with one attached hydrogen (secondary N) is 1. The zero-order valence-corrected chi connectivity index (χ0v) is 32.5. The van der Waals surface area contributed by atoms with Gasteiger partial charge in [0, 0.05) is 42.5 Å². The Morgan fingerprint density at radius 3 is 2.16 bits per heavy atom. The molecular formula is C40H47N4O10P. The van der Waals surface area contributed by atoms with Gasteiger partial charge in [-0.1, -0.05) is 42.5 Å². The van der Waals surface area contributed by atoms with Crippen molar-refractivity contribution >= 4 is 42.2 Å². The number of benzene rings is 3. The Morgan fingerprint density at radius 2 is 1.62 bits per heavy atom. The number of nitrogens with zero attached hydrogens (tertiary/aromatic N) is 2. The molecule has 0 aromatic heterocycles. The molecule has 0 saturated heterocycles. The number of phenols is 1. The molecule has 0 aliphatic heterocycles. The maximum Gasteiger partial charge on any atom is 0.357 e. The van der Waals surface area contributed by atoms with Crippen molar-refractivity contribution in [3.63, 3.8) is 0 Å². The number of Topliss-reactive ketones (excluding diaryl/α,β-unsaturated/α-hetero) is 2. The average Bonchev–Trinajstić information content (AvgIpc) is 3.12. The molecular weight excluding hydrogens is 727 g/mol. The maximum atomic E-state index is 14.4. The monoisotopic (exact) mass is 774 g/mol. The highest BCUT2D eigenvalue weighted by atomic mass is 31.2. The highest BCUT2D eigenvalue weighted by Gasteiger charge is 2.64. The van der Waals surface area contributed by atoms with Gasteiger partial charge in [0.1, 0.15) is 22.8 Å². The summed E-state index contributed by atoms with van der Waals surface area (Å²) in [4.78, 5) is 43.5. The Bertz CT molecular complexity index is 2140. The van der Waals surface area contributed by atoms with Gasteiger partial charge in [0.15, 0.2) is 17.2 Å². The number of aliphatic hydroxyl groups is 3. The van der Waals surface area contributed by atoms with Gasteiger partial charge in [-0.3, -0.25) is 23.8 Å². The van der Waals surface area contributed by atoms with Crippen LogP contribution in [0.3, 0.4) is 0 Å². The lowest BCUT2D eigenvalue weighted by molar-refractivity contribution is -0.153. The number of aromatic hydroxyl groups is 1. The lowest BCUT2D eigenvalue weighted by Gasteiger charge is -2.50. The maximum absolute atomic E-state index is 14.4. The largest absolute Gasteiger partial charge is 0.508 e. The summed E-state index contributed by atoms with van der Waals surface area (Å²) in [5, 5.41) is 50.4. The molecule has 15 heteroatoms. The van der Waals surface area contributed by atoms with E-state index in [0.717, 1.165) is 0 Å². The number of rotatable bonds is 12. The molecule has 1 saturated carbocycles. The molecule has 0 radical (unpaired) electrons. The van der Waals surface area contributed by atoms with Crippen molar-refractivity contribution in [1.29, 1.82) is 0 Å². The number of carbonyl (C=O) groups is 3. The van der Waals surface area contributed by atoms with Gasteiger partial charge in [0.05, 0.1) is 24.8 Å². The number of nitrogens with two attached hydrogens (primary N) is 1. The lowest BCUT2D eigenvalue weighted by Crippen LogP contribution is -2.65. The van der Waals surface area contributed by atoms with Gasteiger partial charge in [0.25, 0.3) is 5.91 Å². The predicted molar refractivity (Wildman–Crippen MR) is 208 cm³/mol.